The van der Waals surface area contributed by atoms with E-state index in [2.05, 4.69) is 0 Å². The van der Waals surface area contributed by atoms with Crippen molar-refractivity contribution in [2.75, 3.05) is 0 Å². The van der Waals surface area contributed by atoms with Crippen LogP contribution in [0.1, 0.15) is 45.2 Å². The number of hydrogen-bond donors (Lipinski definition) is 0. The van der Waals surface area contributed by atoms with Crippen LogP contribution in [0, 0.1) is 11.3 Å². The van der Waals surface area contributed by atoms with Crippen LogP contribution in [0.3, 0.4) is 0 Å². The predicted molar refractivity (Wildman–Crippen MR) is 71.8 cm³/mol. The molecule has 1 fully saturated rings. The minimum atomic E-state index is -2.63. The summed E-state index contributed by atoms with van der Waals surface area (Å²) in [6, 6.07) is 5.91. The van der Waals surface area contributed by atoms with Crippen molar-refractivity contribution in [1.82, 2.24) is 0 Å². The van der Waals surface area contributed by atoms with Gasteiger partial charge < -0.3 is 9.31 Å². The second kappa shape index (κ2) is 4.83. The highest BCUT2D eigenvalue weighted by atomic mass is 19.3. The number of nitriles is 1. The number of benzene rings is 1. The fourth-order valence-corrected chi connectivity index (χ4v) is 1.98. The third-order valence-corrected chi connectivity index (χ3v) is 3.88. The lowest BCUT2D eigenvalue weighted by molar-refractivity contribution is 0.00578. The van der Waals surface area contributed by atoms with Crippen LogP contribution in [-0.2, 0) is 9.31 Å². The zero-order valence-corrected chi connectivity index (χ0v) is 11.9. The minimum Gasteiger partial charge on any atom is -0.399 e. The Morgan fingerprint density at radius 1 is 1.10 bits per heavy atom. The maximum atomic E-state index is 12.9. The first-order chi connectivity index (χ1) is 9.16. The smallest absolute Gasteiger partial charge is 0.399 e. The molecule has 1 aromatic rings. The Morgan fingerprint density at radius 3 is 2.10 bits per heavy atom. The zero-order chi connectivity index (χ0) is 15.1. The van der Waals surface area contributed by atoms with Crippen LogP contribution in [-0.4, -0.2) is 18.3 Å². The minimum absolute atomic E-state index is 0.174. The second-order valence-electron chi connectivity index (χ2n) is 5.89. The molecule has 0 amide bonds. The summed E-state index contributed by atoms with van der Waals surface area (Å²) in [5.74, 6) is 0. The van der Waals surface area contributed by atoms with Gasteiger partial charge in [0.2, 0.25) is 0 Å². The van der Waals surface area contributed by atoms with Crippen LogP contribution in [0.2, 0.25) is 0 Å². The van der Waals surface area contributed by atoms with Crippen molar-refractivity contribution in [2.45, 2.75) is 45.3 Å². The molecule has 0 aliphatic carbocycles. The van der Waals surface area contributed by atoms with E-state index in [1.807, 2.05) is 33.8 Å². The molecule has 2 rings (SSSR count). The molecule has 20 heavy (non-hydrogen) atoms. The first-order valence-electron chi connectivity index (χ1n) is 6.35. The van der Waals surface area contributed by atoms with Crippen LogP contribution in [0.5, 0.6) is 0 Å². The third kappa shape index (κ3) is 2.56. The fraction of sp³-hybridized carbons (Fsp3) is 0.500. The van der Waals surface area contributed by atoms with Crippen LogP contribution < -0.4 is 5.46 Å². The highest BCUT2D eigenvalue weighted by Gasteiger charge is 2.51. The van der Waals surface area contributed by atoms with Crippen molar-refractivity contribution >= 4 is 12.6 Å². The molecule has 0 saturated carbocycles. The molecule has 0 radical (unpaired) electrons. The molecule has 0 atom stereocenters. The maximum absolute atomic E-state index is 12.9. The summed E-state index contributed by atoms with van der Waals surface area (Å²) in [5, 5.41) is 8.94. The van der Waals surface area contributed by atoms with Crippen molar-refractivity contribution in [3.05, 3.63) is 29.3 Å². The summed E-state index contributed by atoms with van der Waals surface area (Å²) >= 11 is 0. The van der Waals surface area contributed by atoms with Crippen molar-refractivity contribution in [3.63, 3.8) is 0 Å². The van der Waals surface area contributed by atoms with E-state index in [0.717, 1.165) is 0 Å². The normalized spacial score (nSPS) is 20.2. The van der Waals surface area contributed by atoms with E-state index in [9.17, 15) is 8.78 Å². The fourth-order valence-electron chi connectivity index (χ4n) is 1.98. The molecule has 0 spiro atoms. The van der Waals surface area contributed by atoms with Gasteiger partial charge in [0.1, 0.15) is 0 Å². The van der Waals surface area contributed by atoms with Gasteiger partial charge in [0, 0.05) is 5.56 Å². The Hall–Kier alpha value is -1.45. The average Bonchev–Trinajstić information content (AvgIpc) is 2.58. The molecule has 3 nitrogen and oxygen atoms in total. The van der Waals surface area contributed by atoms with E-state index in [1.165, 1.54) is 18.2 Å². The molecule has 0 unspecified atom stereocenters. The lowest BCUT2D eigenvalue weighted by atomic mass is 9.77. The number of hydrogen-bond acceptors (Lipinski definition) is 3. The van der Waals surface area contributed by atoms with Crippen LogP contribution in [0.4, 0.5) is 8.78 Å². The van der Waals surface area contributed by atoms with E-state index < -0.39 is 24.7 Å². The quantitative estimate of drug-likeness (QED) is 0.782. The van der Waals surface area contributed by atoms with E-state index in [-0.39, 0.29) is 11.1 Å². The van der Waals surface area contributed by atoms with Crippen LogP contribution in [0.15, 0.2) is 18.2 Å². The third-order valence-electron chi connectivity index (χ3n) is 3.88. The van der Waals surface area contributed by atoms with Gasteiger partial charge in [-0.05, 0) is 45.3 Å². The van der Waals surface area contributed by atoms with Gasteiger partial charge in [-0.1, -0.05) is 6.07 Å². The van der Waals surface area contributed by atoms with E-state index in [1.54, 1.807) is 0 Å². The lowest BCUT2D eigenvalue weighted by Gasteiger charge is -2.32. The molecule has 1 aliphatic rings. The van der Waals surface area contributed by atoms with Crippen molar-refractivity contribution in [3.8, 4) is 6.07 Å². The molecule has 0 N–H and O–H groups in total. The highest BCUT2D eigenvalue weighted by molar-refractivity contribution is 6.62. The first-order valence-corrected chi connectivity index (χ1v) is 6.35. The largest absolute Gasteiger partial charge is 0.494 e. The molecule has 1 heterocycles. The SMILES string of the molecule is CC1(C)OB(c2cc(C#N)cc(C(F)F)c2)OC1(C)C. The van der Waals surface area contributed by atoms with Gasteiger partial charge in [-0.3, -0.25) is 0 Å². The van der Waals surface area contributed by atoms with Crippen molar-refractivity contribution in [2.24, 2.45) is 0 Å². The molecular weight excluding hydrogens is 263 g/mol. The molecular formula is C14H16BF2NO2. The highest BCUT2D eigenvalue weighted by Crippen LogP contribution is 2.36. The van der Waals surface area contributed by atoms with Gasteiger partial charge in [0.15, 0.2) is 0 Å². The molecule has 1 aliphatic heterocycles. The lowest BCUT2D eigenvalue weighted by Crippen LogP contribution is -2.41. The van der Waals surface area contributed by atoms with E-state index in [0.29, 0.717) is 5.46 Å². The summed E-state index contributed by atoms with van der Waals surface area (Å²) < 4.78 is 37.3. The van der Waals surface area contributed by atoms with Gasteiger partial charge in [-0.15, -0.1) is 0 Å². The van der Waals surface area contributed by atoms with Crippen molar-refractivity contribution < 1.29 is 18.1 Å². The maximum Gasteiger partial charge on any atom is 0.494 e. The summed E-state index contributed by atoms with van der Waals surface area (Å²) in [4.78, 5) is 0. The Kier molecular flexibility index (Phi) is 3.61. The molecule has 1 aromatic carbocycles. The first kappa shape index (κ1) is 15.0. The average molecular weight is 279 g/mol. The van der Waals surface area contributed by atoms with Crippen LogP contribution >= 0.6 is 0 Å². The zero-order valence-electron chi connectivity index (χ0n) is 11.9. The summed E-state index contributed by atoms with van der Waals surface area (Å²) in [6.45, 7) is 7.54. The van der Waals surface area contributed by atoms with E-state index in [4.69, 9.17) is 14.6 Å². The summed E-state index contributed by atoms with van der Waals surface area (Å²) in [7, 11) is -0.745. The topological polar surface area (TPSA) is 42.2 Å². The standard InChI is InChI=1S/C14H16BF2NO2/c1-13(2)14(3,4)20-15(19-13)11-6-9(8-18)5-10(7-11)12(16)17/h5-7,12H,1-4H3. The summed E-state index contributed by atoms with van der Waals surface area (Å²) in [6.07, 6.45) is -2.63. The monoisotopic (exact) mass is 279 g/mol. The Balaban J connectivity index is 2.40. The Labute approximate surface area is 117 Å². The van der Waals surface area contributed by atoms with Gasteiger partial charge in [-0.2, -0.15) is 5.26 Å². The number of halogens is 2. The van der Waals surface area contributed by atoms with Gasteiger partial charge >= 0.3 is 7.12 Å². The Bertz CT molecular complexity index is 551. The second-order valence-corrected chi connectivity index (χ2v) is 5.89. The number of alkyl halides is 2. The molecule has 6 heteroatoms. The van der Waals surface area contributed by atoms with Gasteiger partial charge in [0.25, 0.3) is 6.43 Å². The van der Waals surface area contributed by atoms with Gasteiger partial charge in [-0.25, -0.2) is 8.78 Å². The summed E-state index contributed by atoms with van der Waals surface area (Å²) in [5.41, 5.74) is -0.685. The number of rotatable bonds is 2. The molecule has 1 saturated heterocycles. The van der Waals surface area contributed by atoms with Crippen LogP contribution in [0.25, 0.3) is 0 Å². The Morgan fingerprint density at radius 2 is 1.65 bits per heavy atom. The van der Waals surface area contributed by atoms with E-state index >= 15 is 0 Å². The molecule has 0 aromatic heterocycles. The van der Waals surface area contributed by atoms with Gasteiger partial charge in [0.05, 0.1) is 22.8 Å². The molecule has 106 valence electrons. The number of nitrogens with zero attached hydrogens (tertiary/aromatic N) is 1. The predicted octanol–water partition coefficient (Wildman–Crippen LogP) is 2.80. The molecule has 0 bridgehead atoms. The van der Waals surface area contributed by atoms with Crippen molar-refractivity contribution in [1.29, 1.82) is 5.26 Å².